The van der Waals surface area contributed by atoms with Gasteiger partial charge in [0.05, 0.1) is 11.2 Å². The fourth-order valence-electron chi connectivity index (χ4n) is 3.55. The van der Waals surface area contributed by atoms with Gasteiger partial charge in [-0.1, -0.05) is 26.8 Å². The number of benzene rings is 1. The van der Waals surface area contributed by atoms with E-state index in [1.165, 1.54) is 36.4 Å². The van der Waals surface area contributed by atoms with Crippen LogP contribution in [0.1, 0.15) is 48.3 Å². The first-order valence-electron chi connectivity index (χ1n) is 10.2. The lowest BCUT2D eigenvalue weighted by Crippen LogP contribution is -2.47. The lowest BCUT2D eigenvalue weighted by atomic mass is 9.98. The van der Waals surface area contributed by atoms with E-state index in [0.29, 0.717) is 4.88 Å². The first kappa shape index (κ1) is 19.4. The Kier molecular flexibility index (Phi) is 5.43. The van der Waals surface area contributed by atoms with Crippen LogP contribution in [0.4, 0.5) is 11.4 Å². The first-order chi connectivity index (χ1) is 13.4. The van der Waals surface area contributed by atoms with Crippen molar-refractivity contribution in [1.82, 2.24) is 9.88 Å². The van der Waals surface area contributed by atoms with Crippen molar-refractivity contribution in [3.63, 3.8) is 0 Å². The van der Waals surface area contributed by atoms with Crippen LogP contribution in [0.2, 0.25) is 0 Å². The van der Waals surface area contributed by atoms with Crippen molar-refractivity contribution < 1.29 is 4.79 Å². The molecule has 0 unspecified atom stereocenters. The van der Waals surface area contributed by atoms with Crippen LogP contribution in [-0.4, -0.2) is 48.5 Å². The summed E-state index contributed by atoms with van der Waals surface area (Å²) in [5, 5.41) is 4.02. The van der Waals surface area contributed by atoms with E-state index in [4.69, 9.17) is 0 Å². The summed E-state index contributed by atoms with van der Waals surface area (Å²) in [5.74, 6) is 0.870. The molecule has 0 atom stereocenters. The minimum absolute atomic E-state index is 0.0369. The van der Waals surface area contributed by atoms with Crippen LogP contribution in [-0.2, 0) is 5.41 Å². The highest BCUT2D eigenvalue weighted by Gasteiger charge is 2.26. The molecular formula is C22H30N4OS. The number of amides is 1. The molecule has 0 spiro atoms. The maximum atomic E-state index is 12.6. The molecule has 2 heterocycles. The number of nitrogens with one attached hydrogen (secondary N) is 1. The second kappa shape index (κ2) is 7.84. The van der Waals surface area contributed by atoms with E-state index in [1.807, 2.05) is 12.1 Å². The SMILES string of the molecule is CC(C)(C)c1ncc(C(=O)Nc2cccc(N3CCN(CC4CC4)CC3)c2)s1. The van der Waals surface area contributed by atoms with E-state index in [-0.39, 0.29) is 11.3 Å². The highest BCUT2D eigenvalue weighted by atomic mass is 32.1. The number of carbonyl (C=O) groups is 1. The Bertz CT molecular complexity index is 829. The summed E-state index contributed by atoms with van der Waals surface area (Å²) in [4.78, 5) is 22.7. The van der Waals surface area contributed by atoms with Crippen LogP contribution in [0, 0.1) is 5.92 Å². The average Bonchev–Trinajstić information content (AvgIpc) is 3.32. The van der Waals surface area contributed by atoms with Gasteiger partial charge in [-0.15, -0.1) is 11.3 Å². The molecule has 1 amide bonds. The number of carbonyl (C=O) groups excluding carboxylic acids is 1. The number of aromatic nitrogens is 1. The Hall–Kier alpha value is -1.92. The number of nitrogens with zero attached hydrogens (tertiary/aromatic N) is 3. The molecule has 1 aliphatic carbocycles. The van der Waals surface area contributed by atoms with Crippen molar-refractivity contribution in [2.45, 2.75) is 39.0 Å². The summed E-state index contributed by atoms with van der Waals surface area (Å²) in [6.07, 6.45) is 4.52. The molecule has 4 rings (SSSR count). The molecule has 5 nitrogen and oxygen atoms in total. The van der Waals surface area contributed by atoms with Crippen molar-refractivity contribution in [3.8, 4) is 0 Å². The molecular weight excluding hydrogens is 368 g/mol. The monoisotopic (exact) mass is 398 g/mol. The molecule has 2 aromatic rings. The normalized spacial score (nSPS) is 18.3. The third kappa shape index (κ3) is 4.73. The number of piperazine rings is 1. The minimum atomic E-state index is -0.0839. The fourth-order valence-corrected chi connectivity index (χ4v) is 4.42. The molecule has 0 radical (unpaired) electrons. The zero-order valence-corrected chi connectivity index (χ0v) is 17.9. The van der Waals surface area contributed by atoms with Crippen LogP contribution in [0.25, 0.3) is 0 Å². The van der Waals surface area contributed by atoms with Crippen LogP contribution >= 0.6 is 11.3 Å². The molecule has 1 saturated carbocycles. The van der Waals surface area contributed by atoms with Crippen molar-refractivity contribution in [3.05, 3.63) is 40.3 Å². The predicted molar refractivity (Wildman–Crippen MR) is 117 cm³/mol. The third-order valence-corrected chi connectivity index (χ3v) is 6.85. The van der Waals surface area contributed by atoms with E-state index < -0.39 is 0 Å². The van der Waals surface area contributed by atoms with E-state index in [9.17, 15) is 4.79 Å². The highest BCUT2D eigenvalue weighted by molar-refractivity contribution is 7.13. The van der Waals surface area contributed by atoms with Gasteiger partial charge in [0.2, 0.25) is 0 Å². The summed E-state index contributed by atoms with van der Waals surface area (Å²) in [6, 6.07) is 8.20. The maximum absolute atomic E-state index is 12.6. The number of rotatable bonds is 5. The van der Waals surface area contributed by atoms with Gasteiger partial charge in [0.25, 0.3) is 5.91 Å². The topological polar surface area (TPSA) is 48.5 Å². The second-order valence-corrected chi connectivity index (χ2v) is 10.0. The van der Waals surface area contributed by atoms with Gasteiger partial charge >= 0.3 is 0 Å². The van der Waals surface area contributed by atoms with Gasteiger partial charge in [0.15, 0.2) is 0 Å². The Morgan fingerprint density at radius 3 is 2.61 bits per heavy atom. The van der Waals surface area contributed by atoms with Gasteiger partial charge in [0.1, 0.15) is 4.88 Å². The molecule has 28 heavy (non-hydrogen) atoms. The highest BCUT2D eigenvalue weighted by Crippen LogP contribution is 2.31. The Balaban J connectivity index is 1.37. The largest absolute Gasteiger partial charge is 0.369 e. The first-order valence-corrected chi connectivity index (χ1v) is 11.1. The van der Waals surface area contributed by atoms with E-state index in [1.54, 1.807) is 6.20 Å². The van der Waals surface area contributed by atoms with Crippen LogP contribution in [0.15, 0.2) is 30.5 Å². The van der Waals surface area contributed by atoms with E-state index in [2.05, 4.69) is 53.0 Å². The second-order valence-electron chi connectivity index (χ2n) is 9.02. The zero-order valence-electron chi connectivity index (χ0n) is 17.1. The standard InChI is InChI=1S/C22H30N4OS/c1-22(2,3)21-23-14-19(28-21)20(27)24-17-5-4-6-18(13-17)26-11-9-25(10-12-26)15-16-7-8-16/h4-6,13-14,16H,7-12,15H2,1-3H3,(H,24,27). The molecule has 1 aromatic carbocycles. The third-order valence-electron chi connectivity index (χ3n) is 5.43. The van der Waals surface area contributed by atoms with Gasteiger partial charge in [-0.25, -0.2) is 4.98 Å². The minimum Gasteiger partial charge on any atom is -0.369 e. The smallest absolute Gasteiger partial charge is 0.267 e. The zero-order chi connectivity index (χ0) is 19.7. The number of hydrogen-bond acceptors (Lipinski definition) is 5. The lowest BCUT2D eigenvalue weighted by Gasteiger charge is -2.36. The molecule has 2 aliphatic rings. The Morgan fingerprint density at radius 2 is 1.96 bits per heavy atom. The average molecular weight is 399 g/mol. The van der Waals surface area contributed by atoms with Gasteiger partial charge < -0.3 is 10.2 Å². The number of anilines is 2. The lowest BCUT2D eigenvalue weighted by molar-refractivity contribution is 0.103. The quantitative estimate of drug-likeness (QED) is 0.819. The fraction of sp³-hybridized carbons (Fsp3) is 0.545. The van der Waals surface area contributed by atoms with Crippen LogP contribution in [0.3, 0.4) is 0 Å². The molecule has 1 aliphatic heterocycles. The summed E-state index contributed by atoms with van der Waals surface area (Å²) in [7, 11) is 0. The van der Waals surface area contributed by atoms with Crippen molar-refractivity contribution in [2.24, 2.45) is 5.92 Å². The van der Waals surface area contributed by atoms with E-state index >= 15 is 0 Å². The van der Waals surface area contributed by atoms with Crippen molar-refractivity contribution in [2.75, 3.05) is 42.9 Å². The van der Waals surface area contributed by atoms with Crippen molar-refractivity contribution in [1.29, 1.82) is 0 Å². The number of thiazole rings is 1. The maximum Gasteiger partial charge on any atom is 0.267 e. The van der Waals surface area contributed by atoms with Gasteiger partial charge in [-0.05, 0) is 37.0 Å². The van der Waals surface area contributed by atoms with Gasteiger partial charge in [-0.3, -0.25) is 9.69 Å². The molecule has 0 bridgehead atoms. The van der Waals surface area contributed by atoms with Crippen LogP contribution < -0.4 is 10.2 Å². The summed E-state index contributed by atoms with van der Waals surface area (Å²) >= 11 is 1.47. The molecule has 150 valence electrons. The molecule has 2 fully saturated rings. The molecule has 1 N–H and O–H groups in total. The van der Waals surface area contributed by atoms with Gasteiger partial charge in [0, 0.05) is 49.5 Å². The van der Waals surface area contributed by atoms with E-state index in [0.717, 1.165) is 42.8 Å². The molecule has 1 aromatic heterocycles. The Morgan fingerprint density at radius 1 is 1.21 bits per heavy atom. The van der Waals surface area contributed by atoms with Crippen molar-refractivity contribution >= 4 is 28.6 Å². The summed E-state index contributed by atoms with van der Waals surface area (Å²) < 4.78 is 0. The van der Waals surface area contributed by atoms with Gasteiger partial charge in [-0.2, -0.15) is 0 Å². The van der Waals surface area contributed by atoms with Crippen LogP contribution in [0.5, 0.6) is 0 Å². The molecule has 1 saturated heterocycles. The Labute approximate surface area is 171 Å². The summed E-state index contributed by atoms with van der Waals surface area (Å²) in [6.45, 7) is 12.0. The predicted octanol–water partition coefficient (Wildman–Crippen LogP) is 4.22. The molecule has 6 heteroatoms. The summed E-state index contributed by atoms with van der Waals surface area (Å²) in [5.41, 5.74) is 1.99. The number of hydrogen-bond donors (Lipinski definition) is 1.